The third kappa shape index (κ3) is 4.75. The van der Waals surface area contributed by atoms with Gasteiger partial charge in [-0.2, -0.15) is 9.41 Å². The number of rotatable bonds is 6. The van der Waals surface area contributed by atoms with Gasteiger partial charge in [-0.25, -0.2) is 8.42 Å². The molecule has 33 heavy (non-hydrogen) atoms. The van der Waals surface area contributed by atoms with Gasteiger partial charge in [0.15, 0.2) is 0 Å². The Kier molecular flexibility index (Phi) is 6.45. The highest BCUT2D eigenvalue weighted by Crippen LogP contribution is 2.27. The smallest absolute Gasteiger partial charge is 0.271 e. The van der Waals surface area contributed by atoms with Crippen molar-refractivity contribution >= 4 is 38.9 Å². The summed E-state index contributed by atoms with van der Waals surface area (Å²) in [4.78, 5) is 25.0. The molecule has 2 amide bonds. The van der Waals surface area contributed by atoms with E-state index in [0.29, 0.717) is 30.2 Å². The molecular formula is C22H25N5O5S. The van der Waals surface area contributed by atoms with Crippen LogP contribution in [0.3, 0.4) is 0 Å². The number of hydrogen-bond acceptors (Lipinski definition) is 7. The highest BCUT2D eigenvalue weighted by molar-refractivity contribution is 7.89. The average molecular weight is 472 g/mol. The van der Waals surface area contributed by atoms with Crippen molar-refractivity contribution in [2.75, 3.05) is 36.6 Å². The molecule has 1 saturated heterocycles. The lowest BCUT2D eigenvalue weighted by Gasteiger charge is -2.26. The van der Waals surface area contributed by atoms with Gasteiger partial charge in [0.2, 0.25) is 15.9 Å². The zero-order valence-corrected chi connectivity index (χ0v) is 18.9. The number of carbonyl (C=O) groups excluding carboxylic acids is 2. The van der Waals surface area contributed by atoms with Gasteiger partial charge in [0.05, 0.1) is 23.8 Å². The monoisotopic (exact) mass is 471 g/mol. The summed E-state index contributed by atoms with van der Waals surface area (Å²) in [6.45, 7) is 3.00. The van der Waals surface area contributed by atoms with E-state index in [1.807, 2.05) is 6.07 Å². The van der Waals surface area contributed by atoms with Gasteiger partial charge >= 0.3 is 0 Å². The molecule has 2 aromatic carbocycles. The second kappa shape index (κ2) is 9.30. The summed E-state index contributed by atoms with van der Waals surface area (Å²) in [6.07, 6.45) is 0.0425. The van der Waals surface area contributed by atoms with E-state index in [9.17, 15) is 18.0 Å². The van der Waals surface area contributed by atoms with E-state index in [2.05, 4.69) is 10.4 Å². The minimum atomic E-state index is -3.72. The Bertz CT molecular complexity index is 1190. The molecule has 0 bridgehead atoms. The number of anilines is 2. The second-order valence-corrected chi connectivity index (χ2v) is 9.73. The van der Waals surface area contributed by atoms with Crippen LogP contribution in [-0.4, -0.2) is 62.6 Å². The maximum Gasteiger partial charge on any atom is 0.271 e. The van der Waals surface area contributed by atoms with E-state index < -0.39 is 27.9 Å². The molecule has 4 rings (SSSR count). The van der Waals surface area contributed by atoms with Crippen LogP contribution in [0.1, 0.15) is 12.0 Å². The number of carbonyl (C=O) groups is 2. The van der Waals surface area contributed by atoms with Gasteiger partial charge < -0.3 is 15.8 Å². The van der Waals surface area contributed by atoms with Crippen molar-refractivity contribution < 1.29 is 22.7 Å². The Morgan fingerprint density at radius 2 is 1.82 bits per heavy atom. The van der Waals surface area contributed by atoms with Crippen LogP contribution in [0.5, 0.6) is 0 Å². The molecule has 2 aliphatic heterocycles. The second-order valence-electron chi connectivity index (χ2n) is 7.80. The topological polar surface area (TPSA) is 134 Å². The number of para-hydroxylation sites is 1. The molecule has 1 fully saturated rings. The molecule has 11 heteroatoms. The average Bonchev–Trinajstić information content (AvgIpc) is 3.28. The Labute approximate surface area is 192 Å². The molecule has 174 valence electrons. The summed E-state index contributed by atoms with van der Waals surface area (Å²) >= 11 is 0. The largest absolute Gasteiger partial charge is 0.379 e. The number of ether oxygens (including phenoxy) is 1. The van der Waals surface area contributed by atoms with Crippen molar-refractivity contribution in [1.29, 1.82) is 0 Å². The number of primary amides is 1. The van der Waals surface area contributed by atoms with E-state index in [1.165, 1.54) is 21.4 Å². The Balaban J connectivity index is 1.57. The minimum absolute atomic E-state index is 0.0425. The number of amides is 2. The van der Waals surface area contributed by atoms with E-state index in [-0.39, 0.29) is 30.1 Å². The Morgan fingerprint density at radius 3 is 2.48 bits per heavy atom. The number of hydrogen-bond donors (Lipinski definition) is 2. The van der Waals surface area contributed by atoms with Crippen LogP contribution in [0.15, 0.2) is 58.5 Å². The van der Waals surface area contributed by atoms with E-state index in [0.717, 1.165) is 0 Å². The van der Waals surface area contributed by atoms with Crippen molar-refractivity contribution in [3.8, 4) is 0 Å². The van der Waals surface area contributed by atoms with Gasteiger partial charge in [-0.15, -0.1) is 0 Å². The van der Waals surface area contributed by atoms with Crippen LogP contribution in [0.25, 0.3) is 0 Å². The fraction of sp³-hybridized carbons (Fsp3) is 0.318. The van der Waals surface area contributed by atoms with Gasteiger partial charge in [0, 0.05) is 25.2 Å². The predicted octanol–water partition coefficient (Wildman–Crippen LogP) is 1.07. The van der Waals surface area contributed by atoms with Crippen molar-refractivity contribution in [3.05, 3.63) is 54.1 Å². The summed E-state index contributed by atoms with van der Waals surface area (Å²) in [5.41, 5.74) is 7.35. The van der Waals surface area contributed by atoms with Crippen LogP contribution in [0.4, 0.5) is 11.4 Å². The molecule has 1 atom stereocenters. The molecule has 1 unspecified atom stereocenters. The van der Waals surface area contributed by atoms with Crippen LogP contribution in [0, 0.1) is 6.92 Å². The van der Waals surface area contributed by atoms with Crippen LogP contribution < -0.4 is 16.1 Å². The third-order valence-corrected chi connectivity index (χ3v) is 7.48. The fourth-order valence-corrected chi connectivity index (χ4v) is 5.15. The molecule has 2 aromatic rings. The van der Waals surface area contributed by atoms with Crippen molar-refractivity contribution in [3.63, 3.8) is 0 Å². The first-order chi connectivity index (χ1) is 15.8. The highest BCUT2D eigenvalue weighted by atomic mass is 32.2. The summed E-state index contributed by atoms with van der Waals surface area (Å²) in [5.74, 6) is -1.12. The minimum Gasteiger partial charge on any atom is -0.379 e. The number of nitrogens with zero attached hydrogens (tertiary/aromatic N) is 3. The molecule has 3 N–H and O–H groups in total. The van der Waals surface area contributed by atoms with Gasteiger partial charge in [0.25, 0.3) is 5.91 Å². The fourth-order valence-electron chi connectivity index (χ4n) is 3.71. The lowest BCUT2D eigenvalue weighted by atomic mass is 10.1. The highest BCUT2D eigenvalue weighted by Gasteiger charge is 2.35. The van der Waals surface area contributed by atoms with Gasteiger partial charge in [-0.05, 0) is 36.8 Å². The summed E-state index contributed by atoms with van der Waals surface area (Å²) < 4.78 is 32.6. The molecule has 2 aliphatic rings. The number of nitrogens with two attached hydrogens (primary N) is 1. The molecule has 0 radical (unpaired) electrons. The van der Waals surface area contributed by atoms with Gasteiger partial charge in [-0.1, -0.05) is 24.3 Å². The summed E-state index contributed by atoms with van der Waals surface area (Å²) in [5, 5.41) is 8.50. The molecular weight excluding hydrogens is 446 g/mol. The predicted molar refractivity (Wildman–Crippen MR) is 123 cm³/mol. The van der Waals surface area contributed by atoms with Crippen LogP contribution in [-0.2, 0) is 24.3 Å². The van der Waals surface area contributed by atoms with E-state index in [4.69, 9.17) is 10.5 Å². The van der Waals surface area contributed by atoms with Crippen molar-refractivity contribution in [2.45, 2.75) is 24.3 Å². The lowest BCUT2D eigenvalue weighted by Crippen LogP contribution is -2.40. The summed E-state index contributed by atoms with van der Waals surface area (Å²) in [7, 11) is -3.72. The zero-order valence-electron chi connectivity index (χ0n) is 18.1. The number of hydrazone groups is 1. The SMILES string of the molecule is Cc1ccc(S(=O)(=O)N2CCOCC2)cc1NC(=O)C1=NN(c2ccccc2)C(C(N)=O)C1. The normalized spacial score (nSPS) is 19.2. The maximum absolute atomic E-state index is 13.0. The maximum atomic E-state index is 13.0. The lowest BCUT2D eigenvalue weighted by molar-refractivity contribution is -0.119. The van der Waals surface area contributed by atoms with Crippen LogP contribution >= 0.6 is 0 Å². The summed E-state index contributed by atoms with van der Waals surface area (Å²) in [6, 6.07) is 12.8. The van der Waals surface area contributed by atoms with Gasteiger partial charge in [-0.3, -0.25) is 14.6 Å². The Hall–Kier alpha value is -3.28. The van der Waals surface area contributed by atoms with Crippen molar-refractivity contribution in [1.82, 2.24) is 4.31 Å². The van der Waals surface area contributed by atoms with Crippen molar-refractivity contribution in [2.24, 2.45) is 10.8 Å². The first-order valence-corrected chi connectivity index (χ1v) is 11.9. The van der Waals surface area contributed by atoms with E-state index >= 15 is 0 Å². The first kappa shape index (κ1) is 22.9. The molecule has 0 aliphatic carbocycles. The third-order valence-electron chi connectivity index (χ3n) is 5.59. The molecule has 0 saturated carbocycles. The number of nitrogens with one attached hydrogen (secondary N) is 1. The standard InChI is InChI=1S/C22H25N5O5S/c1-15-7-8-17(33(30,31)26-9-11-32-12-10-26)13-18(15)24-22(29)19-14-20(21(23)28)27(25-19)16-5-3-2-4-6-16/h2-8,13,20H,9-12,14H2,1H3,(H2,23,28)(H,24,29). The quantitative estimate of drug-likeness (QED) is 0.647. The molecule has 2 heterocycles. The molecule has 0 aromatic heterocycles. The number of sulfonamides is 1. The van der Waals surface area contributed by atoms with Crippen LogP contribution in [0.2, 0.25) is 0 Å². The zero-order chi connectivity index (χ0) is 23.6. The molecule has 0 spiro atoms. The first-order valence-electron chi connectivity index (χ1n) is 10.5. The Morgan fingerprint density at radius 1 is 1.12 bits per heavy atom. The van der Waals surface area contributed by atoms with Gasteiger partial charge in [0.1, 0.15) is 11.8 Å². The number of benzene rings is 2. The molecule has 10 nitrogen and oxygen atoms in total. The number of aryl methyl sites for hydroxylation is 1. The van der Waals surface area contributed by atoms with E-state index in [1.54, 1.807) is 37.3 Å². The number of morpholine rings is 1.